The van der Waals surface area contributed by atoms with Crippen molar-refractivity contribution in [1.82, 2.24) is 4.90 Å². The summed E-state index contributed by atoms with van der Waals surface area (Å²) < 4.78 is 5.52. The molecular weight excluding hydrogens is 440 g/mol. The van der Waals surface area contributed by atoms with E-state index in [-0.39, 0.29) is 18.5 Å². The van der Waals surface area contributed by atoms with Crippen LogP contribution in [0.1, 0.15) is 65.6 Å². The van der Waals surface area contributed by atoms with Gasteiger partial charge in [0, 0.05) is 24.5 Å². The second-order valence-corrected chi connectivity index (χ2v) is 8.91. The van der Waals surface area contributed by atoms with Crippen LogP contribution in [0.15, 0.2) is 35.5 Å². The summed E-state index contributed by atoms with van der Waals surface area (Å²) in [7, 11) is 0. The van der Waals surface area contributed by atoms with Crippen molar-refractivity contribution in [3.63, 3.8) is 0 Å². The molecule has 1 fully saturated rings. The summed E-state index contributed by atoms with van der Waals surface area (Å²) in [4.78, 5) is 32.6. The summed E-state index contributed by atoms with van der Waals surface area (Å²) in [6.07, 6.45) is 13.9. The fourth-order valence-corrected chi connectivity index (χ4v) is 4.36. The number of amides is 1. The molecule has 0 saturated carbocycles. The molecule has 0 atom stereocenters. The molecular formula is C26H33ClN2O4. The van der Waals surface area contributed by atoms with Crippen LogP contribution in [-0.2, 0) is 20.8 Å². The molecule has 1 aromatic carbocycles. The van der Waals surface area contributed by atoms with Crippen LogP contribution in [0, 0.1) is 13.8 Å². The second kappa shape index (κ2) is 12.6. The number of rotatable bonds is 3. The summed E-state index contributed by atoms with van der Waals surface area (Å²) in [5.41, 5.74) is 3.43. The van der Waals surface area contributed by atoms with E-state index in [2.05, 4.69) is 11.2 Å². The number of halogens is 1. The predicted molar refractivity (Wildman–Crippen MR) is 131 cm³/mol. The number of ether oxygens (including phenoxy) is 1. The van der Waals surface area contributed by atoms with Gasteiger partial charge in [0.05, 0.1) is 17.9 Å². The van der Waals surface area contributed by atoms with Gasteiger partial charge in [-0.15, -0.1) is 0 Å². The van der Waals surface area contributed by atoms with E-state index in [1.165, 1.54) is 0 Å². The van der Waals surface area contributed by atoms with E-state index in [1.54, 1.807) is 0 Å². The van der Waals surface area contributed by atoms with E-state index in [0.717, 1.165) is 56.3 Å². The molecule has 0 bridgehead atoms. The smallest absolute Gasteiger partial charge is 0.338 e. The van der Waals surface area contributed by atoms with E-state index in [4.69, 9.17) is 21.2 Å². The van der Waals surface area contributed by atoms with Crippen LogP contribution in [0.5, 0.6) is 0 Å². The molecule has 1 saturated heterocycles. The molecule has 0 aromatic heterocycles. The maximum Gasteiger partial charge on any atom is 0.338 e. The Balaban J connectivity index is 1.86. The fraction of sp³-hybridized carbons (Fsp3) is 0.500. The molecule has 7 heteroatoms. The van der Waals surface area contributed by atoms with Gasteiger partial charge in [0.2, 0.25) is 0 Å². The fourth-order valence-electron chi connectivity index (χ4n) is 4.14. The highest BCUT2D eigenvalue weighted by atomic mass is 35.5. The minimum atomic E-state index is -0.389. The van der Waals surface area contributed by atoms with E-state index in [9.17, 15) is 9.59 Å². The Morgan fingerprint density at radius 2 is 1.82 bits per heavy atom. The number of likely N-dealkylation sites (tertiary alicyclic amines) is 1. The number of benzene rings is 1. The lowest BCUT2D eigenvalue weighted by Gasteiger charge is -2.26. The van der Waals surface area contributed by atoms with Crippen LogP contribution >= 0.6 is 11.6 Å². The van der Waals surface area contributed by atoms with Gasteiger partial charge >= 0.3 is 5.97 Å². The molecule has 2 aliphatic rings. The van der Waals surface area contributed by atoms with Crippen LogP contribution in [0.25, 0.3) is 0 Å². The van der Waals surface area contributed by atoms with Gasteiger partial charge in [-0.1, -0.05) is 41.1 Å². The Kier molecular flexibility index (Phi) is 9.55. The Morgan fingerprint density at radius 3 is 2.61 bits per heavy atom. The molecule has 1 amide bonds. The third-order valence-corrected chi connectivity index (χ3v) is 6.40. The lowest BCUT2D eigenvalue weighted by atomic mass is 9.94. The molecule has 2 heterocycles. The number of fused-ring (bicyclic) bond motifs is 1. The Morgan fingerprint density at radius 1 is 1.09 bits per heavy atom. The molecule has 178 valence electrons. The van der Waals surface area contributed by atoms with Crippen LogP contribution in [-0.4, -0.2) is 48.8 Å². The lowest BCUT2D eigenvalue weighted by Crippen LogP contribution is -2.37. The van der Waals surface area contributed by atoms with Crippen molar-refractivity contribution in [2.75, 3.05) is 26.3 Å². The number of hydrogen-bond donors (Lipinski definition) is 0. The Hall–Kier alpha value is -2.60. The number of cyclic esters (lactones) is 1. The van der Waals surface area contributed by atoms with Crippen molar-refractivity contribution in [3.05, 3.63) is 57.6 Å². The Labute approximate surface area is 201 Å². The molecule has 2 aliphatic heterocycles. The summed E-state index contributed by atoms with van der Waals surface area (Å²) in [6.45, 7) is 5.56. The zero-order valence-electron chi connectivity index (χ0n) is 19.6. The molecule has 0 spiro atoms. The SMILES string of the molecule is Cc1cc(C)c2c(c1Cl)CC(=N/OCC(=O)N1CCCCC1)/C=C/CC/C=C/CCOC2=O. The molecule has 0 N–H and O–H groups in total. The third-order valence-electron chi connectivity index (χ3n) is 5.88. The number of oxime groups is 1. The zero-order valence-corrected chi connectivity index (χ0v) is 20.3. The number of carbonyl (C=O) groups excluding carboxylic acids is 2. The maximum absolute atomic E-state index is 12.9. The van der Waals surface area contributed by atoms with Gasteiger partial charge in [-0.25, -0.2) is 4.79 Å². The summed E-state index contributed by atoms with van der Waals surface area (Å²) in [5.74, 6) is -0.442. The van der Waals surface area contributed by atoms with Crippen LogP contribution in [0.2, 0.25) is 5.02 Å². The van der Waals surface area contributed by atoms with Crippen molar-refractivity contribution >= 4 is 29.2 Å². The average Bonchev–Trinajstić information content (AvgIpc) is 2.80. The quantitative estimate of drug-likeness (QED) is 0.338. The van der Waals surface area contributed by atoms with Gasteiger partial charge in [0.25, 0.3) is 5.91 Å². The first-order valence-corrected chi connectivity index (χ1v) is 12.1. The van der Waals surface area contributed by atoms with Gasteiger partial charge in [-0.3, -0.25) is 4.79 Å². The summed E-state index contributed by atoms with van der Waals surface area (Å²) in [6, 6.07) is 1.89. The molecule has 1 aromatic rings. The minimum Gasteiger partial charge on any atom is -0.462 e. The van der Waals surface area contributed by atoms with Crippen molar-refractivity contribution in [2.24, 2.45) is 5.16 Å². The number of allylic oxidation sites excluding steroid dienone is 3. The van der Waals surface area contributed by atoms with E-state index < -0.39 is 0 Å². The van der Waals surface area contributed by atoms with Gasteiger partial charge in [-0.2, -0.15) is 0 Å². The number of carbonyl (C=O) groups is 2. The first kappa shape index (κ1) is 25.0. The topological polar surface area (TPSA) is 68.2 Å². The normalized spacial score (nSPS) is 21.0. The number of hydrogen-bond acceptors (Lipinski definition) is 5. The predicted octanol–water partition coefficient (Wildman–Crippen LogP) is 5.34. The highest BCUT2D eigenvalue weighted by Gasteiger charge is 2.22. The zero-order chi connectivity index (χ0) is 23.6. The lowest BCUT2D eigenvalue weighted by molar-refractivity contribution is -0.137. The highest BCUT2D eigenvalue weighted by molar-refractivity contribution is 6.33. The summed E-state index contributed by atoms with van der Waals surface area (Å²) >= 11 is 6.65. The Bertz CT molecular complexity index is 946. The van der Waals surface area contributed by atoms with Crippen molar-refractivity contribution in [1.29, 1.82) is 0 Å². The van der Waals surface area contributed by atoms with Gasteiger partial charge in [-0.05, 0) is 75.1 Å². The van der Waals surface area contributed by atoms with Gasteiger partial charge < -0.3 is 14.5 Å². The molecule has 0 aliphatic carbocycles. The van der Waals surface area contributed by atoms with Crippen LogP contribution in [0.4, 0.5) is 0 Å². The van der Waals surface area contributed by atoms with Crippen molar-refractivity contribution in [3.8, 4) is 0 Å². The third kappa shape index (κ3) is 7.19. The van der Waals surface area contributed by atoms with E-state index in [0.29, 0.717) is 41.3 Å². The van der Waals surface area contributed by atoms with E-state index >= 15 is 0 Å². The van der Waals surface area contributed by atoms with Crippen molar-refractivity contribution < 1.29 is 19.2 Å². The van der Waals surface area contributed by atoms with Crippen molar-refractivity contribution in [2.45, 2.75) is 58.8 Å². The van der Waals surface area contributed by atoms with Gasteiger partial charge in [0.1, 0.15) is 0 Å². The molecule has 6 nitrogen and oxygen atoms in total. The molecule has 0 unspecified atom stereocenters. The number of esters is 1. The number of nitrogens with zero attached hydrogens (tertiary/aromatic N) is 2. The monoisotopic (exact) mass is 472 g/mol. The van der Waals surface area contributed by atoms with Crippen LogP contribution in [0.3, 0.4) is 0 Å². The second-order valence-electron chi connectivity index (χ2n) is 8.53. The van der Waals surface area contributed by atoms with Gasteiger partial charge in [0.15, 0.2) is 6.61 Å². The molecule has 3 rings (SSSR count). The first-order valence-electron chi connectivity index (χ1n) is 11.7. The standard InChI is InChI=1S/C26H33ClN2O4/c1-19-16-20(2)25(27)22-17-21(28-33-18-23(30)29-13-9-7-10-14-29)12-8-5-3-4-6-11-15-32-26(31)24(19)22/h4,6,8,12,16H,3,5,7,9-11,13-15,17-18H2,1-2H3/b6-4+,12-8+,28-21+. The average molecular weight is 473 g/mol. The van der Waals surface area contributed by atoms with E-state index in [1.807, 2.05) is 43.0 Å². The maximum atomic E-state index is 12.9. The number of piperidine rings is 1. The van der Waals surface area contributed by atoms with Crippen LogP contribution < -0.4 is 0 Å². The number of aryl methyl sites for hydroxylation is 2. The first-order chi connectivity index (χ1) is 16.0. The highest BCUT2D eigenvalue weighted by Crippen LogP contribution is 2.29. The molecule has 33 heavy (non-hydrogen) atoms. The summed E-state index contributed by atoms with van der Waals surface area (Å²) in [5, 5.41) is 4.78. The largest absolute Gasteiger partial charge is 0.462 e. The molecule has 0 radical (unpaired) electrons. The minimum absolute atomic E-state index is 0.0530.